The summed E-state index contributed by atoms with van der Waals surface area (Å²) >= 11 is 0. The maximum atomic E-state index is 12.4. The average Bonchev–Trinajstić information content (AvgIpc) is 3.15. The number of carbonyl (C=O) groups excluding carboxylic acids is 1. The molecule has 2 aromatic rings. The Bertz CT molecular complexity index is 726. The van der Waals surface area contributed by atoms with Crippen LogP contribution in [0.1, 0.15) is 20.3 Å². The lowest BCUT2D eigenvalue weighted by Crippen LogP contribution is -2.48. The summed E-state index contributed by atoms with van der Waals surface area (Å²) in [5, 5.41) is 11.8. The molecule has 1 N–H and O–H groups in total. The van der Waals surface area contributed by atoms with Crippen LogP contribution in [-0.4, -0.2) is 63.7 Å². The maximum absolute atomic E-state index is 12.4. The number of nitrogens with zero attached hydrogens (tertiary/aromatic N) is 4. The van der Waals surface area contributed by atoms with Crippen molar-refractivity contribution in [2.45, 2.75) is 45.0 Å². The number of amides is 1. The normalized spacial score (nSPS) is 26.9. The maximum Gasteiger partial charge on any atom is 0.243 e. The highest BCUT2D eigenvalue weighted by Crippen LogP contribution is 2.25. The van der Waals surface area contributed by atoms with E-state index in [9.17, 15) is 4.79 Å². The predicted octanol–water partition coefficient (Wildman–Crippen LogP) is 1.05. The minimum atomic E-state index is -0.0357. The second-order valence-corrected chi connectivity index (χ2v) is 7.44. The minimum Gasteiger partial charge on any atom is -0.375 e. The van der Waals surface area contributed by atoms with Crippen molar-refractivity contribution < 1.29 is 9.53 Å². The number of nitrogens with one attached hydrogen (secondary N) is 1. The summed E-state index contributed by atoms with van der Waals surface area (Å²) < 4.78 is 5.96. The van der Waals surface area contributed by atoms with Crippen molar-refractivity contribution in [2.24, 2.45) is 5.92 Å². The van der Waals surface area contributed by atoms with Gasteiger partial charge in [-0.25, -0.2) is 0 Å². The van der Waals surface area contributed by atoms with Gasteiger partial charge < -0.3 is 10.1 Å². The Labute approximate surface area is 147 Å². The third-order valence-corrected chi connectivity index (χ3v) is 5.17. The fourth-order valence-electron chi connectivity index (χ4n) is 3.78. The van der Waals surface area contributed by atoms with Crippen LogP contribution in [0, 0.1) is 5.92 Å². The van der Waals surface area contributed by atoms with Crippen LogP contribution in [0.2, 0.25) is 0 Å². The molecule has 25 heavy (non-hydrogen) atoms. The molecule has 0 bridgehead atoms. The predicted molar refractivity (Wildman–Crippen MR) is 94.0 cm³/mol. The van der Waals surface area contributed by atoms with E-state index in [4.69, 9.17) is 4.74 Å². The van der Waals surface area contributed by atoms with Gasteiger partial charge in [-0.2, -0.15) is 15.0 Å². The molecule has 3 atom stereocenters. The van der Waals surface area contributed by atoms with Crippen LogP contribution in [0.3, 0.4) is 0 Å². The van der Waals surface area contributed by atoms with Crippen molar-refractivity contribution >= 4 is 16.9 Å². The van der Waals surface area contributed by atoms with Gasteiger partial charge in [0.05, 0.1) is 12.7 Å². The molecule has 0 spiro atoms. The number of fused-ring (bicyclic) bond motifs is 2. The lowest BCUT2D eigenvalue weighted by Gasteiger charge is -2.36. The monoisotopic (exact) mass is 343 g/mol. The summed E-state index contributed by atoms with van der Waals surface area (Å²) in [6, 6.07) is 8.24. The first-order valence-corrected chi connectivity index (χ1v) is 9.03. The molecule has 2 fully saturated rings. The van der Waals surface area contributed by atoms with Crippen LogP contribution in [0.5, 0.6) is 0 Å². The van der Waals surface area contributed by atoms with E-state index in [-0.39, 0.29) is 18.5 Å². The summed E-state index contributed by atoms with van der Waals surface area (Å²) in [5.74, 6) is 0.487. The van der Waals surface area contributed by atoms with Gasteiger partial charge in [-0.05, 0) is 24.5 Å². The van der Waals surface area contributed by atoms with Crippen molar-refractivity contribution in [3.05, 3.63) is 24.3 Å². The molecular formula is C18H25N5O2. The number of hydrogen-bond acceptors (Lipinski definition) is 5. The number of morpholine rings is 1. The van der Waals surface area contributed by atoms with E-state index >= 15 is 0 Å². The zero-order valence-corrected chi connectivity index (χ0v) is 14.8. The van der Waals surface area contributed by atoms with Crippen molar-refractivity contribution in [3.8, 4) is 0 Å². The highest BCUT2D eigenvalue weighted by molar-refractivity contribution is 5.77. The fourth-order valence-corrected chi connectivity index (χ4v) is 3.78. The van der Waals surface area contributed by atoms with Crippen LogP contribution in [0.15, 0.2) is 24.3 Å². The zero-order chi connectivity index (χ0) is 17.4. The van der Waals surface area contributed by atoms with Crippen molar-refractivity contribution in [2.75, 3.05) is 19.7 Å². The highest BCUT2D eigenvalue weighted by atomic mass is 16.5. The number of carbonyl (C=O) groups is 1. The summed E-state index contributed by atoms with van der Waals surface area (Å²) in [7, 11) is 0. The first-order chi connectivity index (χ1) is 12.1. The smallest absolute Gasteiger partial charge is 0.243 e. The fraction of sp³-hybridized carbons (Fsp3) is 0.611. The largest absolute Gasteiger partial charge is 0.375 e. The quantitative estimate of drug-likeness (QED) is 0.898. The van der Waals surface area contributed by atoms with Gasteiger partial charge in [0, 0.05) is 25.2 Å². The van der Waals surface area contributed by atoms with Crippen molar-refractivity contribution in [1.82, 2.24) is 25.2 Å². The molecule has 134 valence electrons. The number of aromatic nitrogens is 3. The number of ether oxygens (including phenoxy) is 1. The summed E-state index contributed by atoms with van der Waals surface area (Å²) in [5.41, 5.74) is 1.62. The third-order valence-electron chi connectivity index (χ3n) is 5.17. The number of hydrogen-bond donors (Lipinski definition) is 1. The van der Waals surface area contributed by atoms with Gasteiger partial charge >= 0.3 is 0 Å². The molecule has 0 saturated carbocycles. The molecule has 1 amide bonds. The van der Waals surface area contributed by atoms with Crippen LogP contribution >= 0.6 is 0 Å². The van der Waals surface area contributed by atoms with Gasteiger partial charge in [0.1, 0.15) is 17.6 Å². The first kappa shape index (κ1) is 16.5. The second kappa shape index (κ2) is 6.72. The third kappa shape index (κ3) is 3.52. The summed E-state index contributed by atoms with van der Waals surface area (Å²) in [6.07, 6.45) is 1.25. The van der Waals surface area contributed by atoms with E-state index in [1.54, 1.807) is 0 Å². The topological polar surface area (TPSA) is 72.3 Å². The molecule has 3 heterocycles. The van der Waals surface area contributed by atoms with Gasteiger partial charge in [0.25, 0.3) is 0 Å². The van der Waals surface area contributed by atoms with E-state index < -0.39 is 0 Å². The summed E-state index contributed by atoms with van der Waals surface area (Å²) in [4.78, 5) is 16.3. The molecule has 1 aromatic heterocycles. The van der Waals surface area contributed by atoms with Gasteiger partial charge in [-0.1, -0.05) is 26.0 Å². The molecule has 2 aliphatic rings. The van der Waals surface area contributed by atoms with Gasteiger partial charge in [-0.3, -0.25) is 9.69 Å². The van der Waals surface area contributed by atoms with E-state index in [0.29, 0.717) is 18.1 Å². The first-order valence-electron chi connectivity index (χ1n) is 9.03. The standard InChI is InChI=1S/C18H25N5O2/c1-12(2)17-9-22-8-13(7-14(22)11-25-17)19-18(24)10-23-20-15-5-3-4-6-16(15)21-23/h3-6,12-14,17H,7-11H2,1-2H3,(H,19,24)/t13-,14-,17+/m0/s1. The van der Waals surface area contributed by atoms with Gasteiger partial charge in [0.2, 0.25) is 5.91 Å². The van der Waals surface area contributed by atoms with Crippen LogP contribution in [-0.2, 0) is 16.1 Å². The van der Waals surface area contributed by atoms with Gasteiger partial charge in [-0.15, -0.1) is 0 Å². The number of rotatable bonds is 4. The van der Waals surface area contributed by atoms with Crippen LogP contribution in [0.4, 0.5) is 0 Å². The summed E-state index contributed by atoms with van der Waals surface area (Å²) in [6.45, 7) is 7.17. The van der Waals surface area contributed by atoms with E-state index in [0.717, 1.165) is 37.2 Å². The molecule has 2 saturated heterocycles. The van der Waals surface area contributed by atoms with Crippen LogP contribution in [0.25, 0.3) is 11.0 Å². The molecular weight excluding hydrogens is 318 g/mol. The molecule has 7 heteroatoms. The second-order valence-electron chi connectivity index (χ2n) is 7.44. The van der Waals surface area contributed by atoms with E-state index in [1.165, 1.54) is 4.80 Å². The molecule has 0 aliphatic carbocycles. The van der Waals surface area contributed by atoms with E-state index in [1.807, 2.05) is 24.3 Å². The molecule has 4 rings (SSSR count). The number of benzene rings is 1. The Kier molecular flexibility index (Phi) is 4.43. The molecule has 0 radical (unpaired) electrons. The van der Waals surface area contributed by atoms with Crippen molar-refractivity contribution in [1.29, 1.82) is 0 Å². The average molecular weight is 343 g/mol. The lowest BCUT2D eigenvalue weighted by atomic mass is 10.0. The van der Waals surface area contributed by atoms with Gasteiger partial charge in [0.15, 0.2) is 0 Å². The van der Waals surface area contributed by atoms with Crippen LogP contribution < -0.4 is 5.32 Å². The molecule has 2 aliphatic heterocycles. The SMILES string of the molecule is CC(C)[C@H]1CN2C[C@@H](NC(=O)Cn3nc4ccccc4n3)C[C@H]2CO1. The Morgan fingerprint density at radius 2 is 2.00 bits per heavy atom. The molecule has 1 aromatic carbocycles. The van der Waals surface area contributed by atoms with E-state index in [2.05, 4.69) is 34.3 Å². The zero-order valence-electron chi connectivity index (χ0n) is 14.8. The minimum absolute atomic E-state index is 0.0357. The Balaban J connectivity index is 1.32. The lowest BCUT2D eigenvalue weighted by molar-refractivity contribution is -0.122. The highest BCUT2D eigenvalue weighted by Gasteiger charge is 2.38. The molecule has 0 unspecified atom stereocenters. The Morgan fingerprint density at radius 3 is 2.68 bits per heavy atom. The Morgan fingerprint density at radius 1 is 1.28 bits per heavy atom. The Hall–Kier alpha value is -1.99. The molecule has 7 nitrogen and oxygen atoms in total. The van der Waals surface area contributed by atoms with Crippen molar-refractivity contribution in [3.63, 3.8) is 0 Å².